The molecule has 8 nitrogen and oxygen atoms in total. The normalized spacial score (nSPS) is 11.8. The van der Waals surface area contributed by atoms with E-state index in [0.717, 1.165) is 11.1 Å². The van der Waals surface area contributed by atoms with Crippen LogP contribution in [-0.4, -0.2) is 45.5 Å². The molecule has 0 aliphatic rings. The zero-order valence-electron chi connectivity index (χ0n) is 18.8. The van der Waals surface area contributed by atoms with Crippen molar-refractivity contribution in [2.24, 2.45) is 11.7 Å². The number of nitrogens with two attached hydrogens (primary N) is 1. The van der Waals surface area contributed by atoms with Crippen LogP contribution in [0.1, 0.15) is 25.0 Å². The van der Waals surface area contributed by atoms with Crippen LogP contribution in [0.3, 0.4) is 0 Å². The first-order valence-corrected chi connectivity index (χ1v) is 10.2. The summed E-state index contributed by atoms with van der Waals surface area (Å²) in [6.07, 6.45) is 2.99. The molecule has 0 aromatic heterocycles. The summed E-state index contributed by atoms with van der Waals surface area (Å²) >= 11 is 0. The second-order valence-corrected chi connectivity index (χ2v) is 7.31. The average Bonchev–Trinajstić information content (AvgIpc) is 2.80. The lowest BCUT2D eigenvalue weighted by Gasteiger charge is -2.15. The van der Waals surface area contributed by atoms with E-state index in [1.807, 2.05) is 50.3 Å². The van der Waals surface area contributed by atoms with Crippen LogP contribution < -0.4 is 25.3 Å². The number of methoxy groups -OCH3 is 2. The molecule has 8 heteroatoms. The fourth-order valence-electron chi connectivity index (χ4n) is 2.62. The highest BCUT2D eigenvalue weighted by Crippen LogP contribution is 2.24. The van der Waals surface area contributed by atoms with Gasteiger partial charge in [0.2, 0.25) is 5.91 Å². The Morgan fingerprint density at radius 2 is 1.53 bits per heavy atom. The maximum Gasteiger partial charge on any atom is 0.513 e. The van der Waals surface area contributed by atoms with E-state index in [9.17, 15) is 9.59 Å². The van der Waals surface area contributed by atoms with Gasteiger partial charge >= 0.3 is 6.16 Å². The van der Waals surface area contributed by atoms with Crippen molar-refractivity contribution in [3.63, 3.8) is 0 Å². The number of rotatable bonds is 10. The van der Waals surface area contributed by atoms with E-state index in [0.29, 0.717) is 17.2 Å². The Morgan fingerprint density at radius 1 is 0.938 bits per heavy atom. The van der Waals surface area contributed by atoms with Crippen LogP contribution in [0.15, 0.2) is 42.5 Å². The van der Waals surface area contributed by atoms with E-state index < -0.39 is 12.2 Å². The lowest BCUT2D eigenvalue weighted by molar-refractivity contribution is -0.123. The minimum Gasteiger partial charge on any atom is -0.497 e. The standard InChI is InChI=1S/C24H30N2O6/c1-16(2)22(25)23(27)26-11-12-31-24(28)32-19-9-7-17(8-10-19)5-6-18-13-20(29-3)15-21(14-18)30-4/h5-10,13-16,22H,11-12,25H2,1-4H3,(H,26,27). The van der Waals surface area contributed by atoms with Gasteiger partial charge in [-0.25, -0.2) is 4.79 Å². The molecule has 2 rings (SSSR count). The Bertz CT molecular complexity index is 902. The van der Waals surface area contributed by atoms with E-state index >= 15 is 0 Å². The minimum atomic E-state index is -0.848. The Hall–Kier alpha value is -3.52. The largest absolute Gasteiger partial charge is 0.513 e. The molecule has 32 heavy (non-hydrogen) atoms. The van der Waals surface area contributed by atoms with Crippen LogP contribution in [0.25, 0.3) is 12.2 Å². The molecular weight excluding hydrogens is 412 g/mol. The average molecular weight is 443 g/mol. The molecule has 1 atom stereocenters. The highest BCUT2D eigenvalue weighted by atomic mass is 16.7. The molecule has 0 radical (unpaired) electrons. The molecule has 0 aliphatic heterocycles. The predicted molar refractivity (Wildman–Crippen MR) is 123 cm³/mol. The quantitative estimate of drug-likeness (QED) is 0.251. The Morgan fingerprint density at radius 3 is 2.09 bits per heavy atom. The number of carbonyl (C=O) groups excluding carboxylic acids is 2. The maximum atomic E-state index is 11.8. The van der Waals surface area contributed by atoms with Gasteiger partial charge in [-0.05, 0) is 41.3 Å². The van der Waals surface area contributed by atoms with E-state index in [1.165, 1.54) is 0 Å². The van der Waals surface area contributed by atoms with Crippen molar-refractivity contribution < 1.29 is 28.5 Å². The molecule has 0 aliphatic carbocycles. The molecule has 0 saturated carbocycles. The zero-order chi connectivity index (χ0) is 23.5. The summed E-state index contributed by atoms with van der Waals surface area (Å²) in [5.74, 6) is 1.49. The molecule has 0 spiro atoms. The molecule has 2 aromatic rings. The molecule has 3 N–H and O–H groups in total. The second-order valence-electron chi connectivity index (χ2n) is 7.31. The van der Waals surface area contributed by atoms with Crippen molar-refractivity contribution >= 4 is 24.2 Å². The first-order chi connectivity index (χ1) is 15.3. The van der Waals surface area contributed by atoms with Crippen LogP contribution in [0.2, 0.25) is 0 Å². The topological polar surface area (TPSA) is 109 Å². The number of benzene rings is 2. The van der Waals surface area contributed by atoms with Gasteiger partial charge in [-0.15, -0.1) is 0 Å². The van der Waals surface area contributed by atoms with Gasteiger partial charge < -0.3 is 30.0 Å². The number of carbonyl (C=O) groups is 2. The van der Waals surface area contributed by atoms with Crippen molar-refractivity contribution in [3.8, 4) is 17.2 Å². The van der Waals surface area contributed by atoms with Crippen molar-refractivity contribution in [3.05, 3.63) is 53.6 Å². The van der Waals surface area contributed by atoms with E-state index in [2.05, 4.69) is 5.32 Å². The fraction of sp³-hybridized carbons (Fsp3) is 0.333. The van der Waals surface area contributed by atoms with Gasteiger partial charge in [0.1, 0.15) is 23.9 Å². The van der Waals surface area contributed by atoms with Crippen LogP contribution in [0.5, 0.6) is 17.2 Å². The van der Waals surface area contributed by atoms with Crippen molar-refractivity contribution in [2.45, 2.75) is 19.9 Å². The molecule has 0 heterocycles. The number of ether oxygens (including phenoxy) is 4. The molecule has 2 aromatic carbocycles. The summed E-state index contributed by atoms with van der Waals surface area (Å²) < 4.78 is 20.6. The summed E-state index contributed by atoms with van der Waals surface area (Å²) in [5.41, 5.74) is 7.57. The van der Waals surface area contributed by atoms with Gasteiger partial charge in [-0.3, -0.25) is 4.79 Å². The highest BCUT2D eigenvalue weighted by Gasteiger charge is 2.16. The molecule has 0 fully saturated rings. The fourth-order valence-corrected chi connectivity index (χ4v) is 2.62. The minimum absolute atomic E-state index is 0.0137. The van der Waals surface area contributed by atoms with Gasteiger partial charge in [-0.1, -0.05) is 38.1 Å². The first-order valence-electron chi connectivity index (χ1n) is 10.2. The van der Waals surface area contributed by atoms with Gasteiger partial charge in [0.05, 0.1) is 26.8 Å². The summed E-state index contributed by atoms with van der Waals surface area (Å²) in [7, 11) is 3.20. The van der Waals surface area contributed by atoms with Crippen LogP contribution in [0.4, 0.5) is 4.79 Å². The van der Waals surface area contributed by atoms with Gasteiger partial charge in [0.25, 0.3) is 0 Å². The van der Waals surface area contributed by atoms with E-state index in [1.54, 1.807) is 32.4 Å². The van der Waals surface area contributed by atoms with E-state index in [4.69, 9.17) is 24.7 Å². The maximum absolute atomic E-state index is 11.8. The van der Waals surface area contributed by atoms with Gasteiger partial charge in [0, 0.05) is 6.07 Å². The predicted octanol–water partition coefficient (Wildman–Crippen LogP) is 3.49. The molecule has 0 saturated heterocycles. The van der Waals surface area contributed by atoms with Crippen LogP contribution >= 0.6 is 0 Å². The zero-order valence-corrected chi connectivity index (χ0v) is 18.8. The smallest absolute Gasteiger partial charge is 0.497 e. The summed E-state index contributed by atoms with van der Waals surface area (Å²) in [5, 5.41) is 2.61. The summed E-state index contributed by atoms with van der Waals surface area (Å²) in [6.45, 7) is 3.86. The monoisotopic (exact) mass is 442 g/mol. The molecule has 172 valence electrons. The lowest BCUT2D eigenvalue weighted by atomic mass is 10.1. The first kappa shape index (κ1) is 24.7. The molecule has 0 bridgehead atoms. The Labute approximate surface area is 188 Å². The van der Waals surface area contributed by atoms with Crippen molar-refractivity contribution in [1.82, 2.24) is 5.32 Å². The van der Waals surface area contributed by atoms with Crippen molar-refractivity contribution in [2.75, 3.05) is 27.4 Å². The highest BCUT2D eigenvalue weighted by molar-refractivity contribution is 5.81. The number of hydrogen-bond acceptors (Lipinski definition) is 7. The molecule has 1 unspecified atom stereocenters. The van der Waals surface area contributed by atoms with Gasteiger partial charge in [-0.2, -0.15) is 0 Å². The molecular formula is C24H30N2O6. The summed E-state index contributed by atoms with van der Waals surface area (Å²) in [4.78, 5) is 23.5. The number of nitrogens with one attached hydrogen (secondary N) is 1. The number of amides is 1. The Kier molecular flexibility index (Phi) is 9.56. The number of hydrogen-bond donors (Lipinski definition) is 2. The van der Waals surface area contributed by atoms with Crippen LogP contribution in [0, 0.1) is 5.92 Å². The second kappa shape index (κ2) is 12.4. The third-order valence-corrected chi connectivity index (χ3v) is 4.57. The Balaban J connectivity index is 1.82. The van der Waals surface area contributed by atoms with E-state index in [-0.39, 0.29) is 25.0 Å². The lowest BCUT2D eigenvalue weighted by Crippen LogP contribution is -2.45. The third kappa shape index (κ3) is 7.96. The van der Waals surface area contributed by atoms with Crippen LogP contribution in [-0.2, 0) is 9.53 Å². The SMILES string of the molecule is COc1cc(C=Cc2ccc(OC(=O)OCCNC(=O)C(N)C(C)C)cc2)cc(OC)c1. The summed E-state index contributed by atoms with van der Waals surface area (Å²) in [6, 6.07) is 11.9. The van der Waals surface area contributed by atoms with Crippen molar-refractivity contribution in [1.29, 1.82) is 0 Å². The third-order valence-electron chi connectivity index (χ3n) is 4.57. The van der Waals surface area contributed by atoms with Gasteiger partial charge in [0.15, 0.2) is 0 Å². The molecule has 1 amide bonds.